The van der Waals surface area contributed by atoms with E-state index in [1.165, 1.54) is 0 Å². The molecule has 0 saturated carbocycles. The lowest BCUT2D eigenvalue weighted by Crippen LogP contribution is -2.26. The van der Waals surface area contributed by atoms with Crippen LogP contribution >= 0.6 is 0 Å². The van der Waals surface area contributed by atoms with Gasteiger partial charge in [0, 0.05) is 68.9 Å². The monoisotopic (exact) mass is 749 g/mol. The van der Waals surface area contributed by atoms with Crippen molar-refractivity contribution in [1.29, 1.82) is 0 Å². The molecular weight excluding hydrogens is 713 g/mol. The number of hydrogen-bond acceptors (Lipinski definition) is 4. The molecule has 0 aliphatic heterocycles. The topological polar surface area (TPSA) is 63.8 Å². The van der Waals surface area contributed by atoms with E-state index in [0.29, 0.717) is 27.9 Å². The van der Waals surface area contributed by atoms with Gasteiger partial charge in [-0.25, -0.2) is 0 Å². The Balaban J connectivity index is 1.11. The molecule has 0 atom stereocenters. The Morgan fingerprint density at radius 1 is 0.500 bits per heavy atom. The Labute approximate surface area is 336 Å². The quantitative estimate of drug-likeness (QED) is 0.131. The molecule has 0 fully saturated rings. The fourth-order valence-corrected chi connectivity index (χ4v) is 8.61. The number of rotatable bonds is 6. The number of carbonyl (C=O) groups excluding carboxylic acids is 1. The molecule has 0 spiro atoms. The van der Waals surface area contributed by atoms with E-state index in [2.05, 4.69) is 70.1 Å². The maximum atomic E-state index is 14.4. The summed E-state index contributed by atoms with van der Waals surface area (Å²) < 4.78 is 2.17. The van der Waals surface area contributed by atoms with Crippen LogP contribution in [0.25, 0.3) is 32.7 Å². The number of phenols is 1. The summed E-state index contributed by atoms with van der Waals surface area (Å²) in [6.07, 6.45) is 1.77. The van der Waals surface area contributed by atoms with E-state index in [1.807, 2.05) is 128 Å². The van der Waals surface area contributed by atoms with Gasteiger partial charge in [-0.1, -0.05) is 121 Å². The SMILES string of the molecule is CC1=C(c2ccc(N(c3ccccc3)c3cccc4ccccc34)cc2O)C(=O)/C1=C1/C(O)=CC(=[N+](c2ccccc2)c2cccc3ccccc23)c2ccccc21. The van der Waals surface area contributed by atoms with Crippen LogP contribution in [0, 0.1) is 0 Å². The van der Waals surface area contributed by atoms with E-state index in [4.69, 9.17) is 0 Å². The highest BCUT2D eigenvalue weighted by molar-refractivity contribution is 6.43. The lowest BCUT2D eigenvalue weighted by Gasteiger charge is -2.30. The van der Waals surface area contributed by atoms with E-state index in [9.17, 15) is 15.0 Å². The number of para-hydroxylation sites is 2. The van der Waals surface area contributed by atoms with E-state index in [0.717, 1.165) is 66.8 Å². The van der Waals surface area contributed by atoms with Crippen molar-refractivity contribution in [2.75, 3.05) is 4.90 Å². The highest BCUT2D eigenvalue weighted by Gasteiger charge is 2.40. The predicted molar refractivity (Wildman–Crippen MR) is 238 cm³/mol. The van der Waals surface area contributed by atoms with E-state index < -0.39 is 0 Å². The number of aromatic hydroxyl groups is 1. The van der Waals surface area contributed by atoms with Crippen LogP contribution in [0.5, 0.6) is 5.75 Å². The largest absolute Gasteiger partial charge is 0.507 e. The molecule has 0 unspecified atom stereocenters. The standard InChI is InChI=1S/C53H36N2O3/c1-34-50(44-31-30-39(32-48(44)56)54(37-20-4-2-5-21-37)45-28-14-18-35-16-8-10-24-40(35)45)53(58)51(34)52-43-27-13-12-26-42(43)47(33-49(52)57)55(38-22-6-3-7-23-38)46-29-15-19-36-17-9-11-25-41(36)46/h2-33H,1H3,(H,56,57)/p+1. The number of hydrogen-bond donors (Lipinski definition) is 2. The minimum Gasteiger partial charge on any atom is -0.507 e. The second-order valence-electron chi connectivity index (χ2n) is 14.6. The van der Waals surface area contributed by atoms with Gasteiger partial charge in [-0.15, -0.1) is 0 Å². The van der Waals surface area contributed by atoms with Crippen LogP contribution in [-0.4, -0.2) is 21.7 Å². The van der Waals surface area contributed by atoms with Crippen molar-refractivity contribution in [3.05, 3.63) is 228 Å². The fraction of sp³-hybridized carbons (Fsp3) is 0.0189. The zero-order valence-electron chi connectivity index (χ0n) is 31.7. The summed E-state index contributed by atoms with van der Waals surface area (Å²) in [6.45, 7) is 1.89. The number of Topliss-reactive ketones (excluding diaryl/α,β-unsaturated/α-hetero) is 1. The average Bonchev–Trinajstić information content (AvgIpc) is 3.27. The molecule has 0 radical (unpaired) electrons. The van der Waals surface area contributed by atoms with Crippen molar-refractivity contribution in [3.63, 3.8) is 0 Å². The lowest BCUT2D eigenvalue weighted by atomic mass is 9.73. The molecule has 2 N–H and O–H groups in total. The lowest BCUT2D eigenvalue weighted by molar-refractivity contribution is -0.111. The third-order valence-corrected chi connectivity index (χ3v) is 11.2. The number of carbonyl (C=O) groups is 1. The molecule has 2 aliphatic rings. The third kappa shape index (κ3) is 5.63. The van der Waals surface area contributed by atoms with Gasteiger partial charge in [0.05, 0.1) is 22.7 Å². The Hall–Kier alpha value is -7.76. The van der Waals surface area contributed by atoms with Crippen molar-refractivity contribution in [1.82, 2.24) is 4.58 Å². The molecular formula is C53H37N2O3+. The fourth-order valence-electron chi connectivity index (χ4n) is 8.61. The maximum absolute atomic E-state index is 14.4. The molecule has 5 nitrogen and oxygen atoms in total. The summed E-state index contributed by atoms with van der Waals surface area (Å²) in [4.78, 5) is 16.5. The van der Waals surface area contributed by atoms with E-state index in [1.54, 1.807) is 12.1 Å². The van der Waals surface area contributed by atoms with Gasteiger partial charge in [0.15, 0.2) is 5.78 Å². The molecule has 2 aliphatic carbocycles. The molecule has 58 heavy (non-hydrogen) atoms. The zero-order valence-corrected chi connectivity index (χ0v) is 31.7. The predicted octanol–water partition coefficient (Wildman–Crippen LogP) is 12.8. The average molecular weight is 750 g/mol. The van der Waals surface area contributed by atoms with Gasteiger partial charge < -0.3 is 15.1 Å². The summed E-state index contributed by atoms with van der Waals surface area (Å²) in [7, 11) is 0. The minimum absolute atomic E-state index is 0.00145. The van der Waals surface area contributed by atoms with Crippen molar-refractivity contribution < 1.29 is 15.0 Å². The van der Waals surface area contributed by atoms with Crippen LogP contribution < -0.4 is 9.48 Å². The molecule has 0 heterocycles. The van der Waals surface area contributed by atoms with Crippen molar-refractivity contribution in [2.24, 2.45) is 0 Å². The van der Waals surface area contributed by atoms with Crippen LogP contribution in [-0.2, 0) is 4.79 Å². The number of anilines is 3. The Morgan fingerprint density at radius 2 is 1.10 bits per heavy atom. The smallest absolute Gasteiger partial charge is 0.223 e. The maximum Gasteiger partial charge on any atom is 0.223 e. The minimum atomic E-state index is -0.225. The molecule has 8 aromatic carbocycles. The van der Waals surface area contributed by atoms with Crippen LogP contribution in [0.4, 0.5) is 28.4 Å². The van der Waals surface area contributed by atoms with Gasteiger partial charge in [0.1, 0.15) is 11.5 Å². The first-order valence-corrected chi connectivity index (χ1v) is 19.3. The molecule has 8 aromatic rings. The number of ketones is 1. The van der Waals surface area contributed by atoms with Crippen LogP contribution in [0.3, 0.4) is 0 Å². The first-order chi connectivity index (χ1) is 28.5. The van der Waals surface area contributed by atoms with Gasteiger partial charge in [0.2, 0.25) is 17.1 Å². The Bertz CT molecular complexity index is 3090. The molecule has 0 saturated heterocycles. The van der Waals surface area contributed by atoms with E-state index >= 15 is 0 Å². The van der Waals surface area contributed by atoms with Gasteiger partial charge in [-0.2, -0.15) is 4.58 Å². The van der Waals surface area contributed by atoms with Crippen LogP contribution in [0.2, 0.25) is 0 Å². The van der Waals surface area contributed by atoms with Crippen molar-refractivity contribution in [2.45, 2.75) is 6.92 Å². The number of aliphatic hydroxyl groups is 1. The van der Waals surface area contributed by atoms with Crippen molar-refractivity contribution >= 4 is 72.6 Å². The number of nitrogens with zero attached hydrogens (tertiary/aromatic N) is 2. The van der Waals surface area contributed by atoms with Crippen molar-refractivity contribution in [3.8, 4) is 5.75 Å². The van der Waals surface area contributed by atoms with Crippen LogP contribution in [0.15, 0.2) is 211 Å². The normalized spacial score (nSPS) is 15.9. The number of fused-ring (bicyclic) bond motifs is 3. The number of aliphatic hydroxyl groups excluding tert-OH is 1. The molecule has 5 heteroatoms. The third-order valence-electron chi connectivity index (χ3n) is 11.2. The Kier molecular flexibility index (Phi) is 8.42. The zero-order chi connectivity index (χ0) is 39.3. The van der Waals surface area contributed by atoms with E-state index in [-0.39, 0.29) is 17.3 Å². The van der Waals surface area contributed by atoms with Gasteiger partial charge in [-0.3, -0.25) is 4.79 Å². The molecule has 0 bridgehead atoms. The number of phenolic OH excluding ortho intramolecular Hbond substituents is 1. The number of benzene rings is 8. The first kappa shape index (κ1) is 34.7. The summed E-state index contributed by atoms with van der Waals surface area (Å²) in [5.74, 6) is -0.222. The first-order valence-electron chi connectivity index (χ1n) is 19.3. The second kappa shape index (κ2) is 14.1. The summed E-state index contributed by atoms with van der Waals surface area (Å²) in [5, 5.41) is 28.1. The van der Waals surface area contributed by atoms with Crippen LogP contribution in [0.1, 0.15) is 23.6 Å². The number of allylic oxidation sites excluding steroid dienone is 5. The summed E-state index contributed by atoms with van der Waals surface area (Å²) in [6, 6.07) is 62.6. The molecule has 0 amide bonds. The van der Waals surface area contributed by atoms with Gasteiger partial charge in [-0.05, 0) is 65.7 Å². The molecule has 0 aromatic heterocycles. The summed E-state index contributed by atoms with van der Waals surface area (Å²) >= 11 is 0. The highest BCUT2D eigenvalue weighted by atomic mass is 16.3. The second-order valence-corrected chi connectivity index (χ2v) is 14.6. The summed E-state index contributed by atoms with van der Waals surface area (Å²) in [5.41, 5.74) is 9.53. The van der Waals surface area contributed by atoms with Gasteiger partial charge in [0.25, 0.3) is 0 Å². The molecule has 276 valence electrons. The Morgan fingerprint density at radius 3 is 1.83 bits per heavy atom. The van der Waals surface area contributed by atoms with Gasteiger partial charge >= 0.3 is 0 Å². The highest BCUT2D eigenvalue weighted by Crippen LogP contribution is 2.49. The molecule has 10 rings (SSSR count).